The van der Waals surface area contributed by atoms with E-state index in [1.807, 2.05) is 44.2 Å². The number of aryl methyl sites for hydroxylation is 2. The van der Waals surface area contributed by atoms with Gasteiger partial charge in [-0.2, -0.15) is 0 Å². The van der Waals surface area contributed by atoms with Crippen molar-refractivity contribution in [2.45, 2.75) is 52.9 Å². The van der Waals surface area contributed by atoms with Crippen LogP contribution in [0.5, 0.6) is 5.75 Å². The highest BCUT2D eigenvalue weighted by atomic mass is 16.5. The third-order valence-corrected chi connectivity index (χ3v) is 4.73. The van der Waals surface area contributed by atoms with Crippen LogP contribution < -0.4 is 15.4 Å². The number of rotatable bonds is 8. The van der Waals surface area contributed by atoms with Gasteiger partial charge in [0.15, 0.2) is 0 Å². The van der Waals surface area contributed by atoms with Gasteiger partial charge in [0, 0.05) is 12.1 Å². The lowest BCUT2D eigenvalue weighted by Gasteiger charge is -2.19. The zero-order valence-corrected chi connectivity index (χ0v) is 18.1. The molecule has 0 fully saturated rings. The van der Waals surface area contributed by atoms with Crippen molar-refractivity contribution in [2.75, 3.05) is 18.5 Å². The molecule has 2 rings (SSSR count). The Morgan fingerprint density at radius 2 is 1.55 bits per heavy atom. The van der Waals surface area contributed by atoms with E-state index in [4.69, 9.17) is 4.74 Å². The van der Waals surface area contributed by atoms with Crippen molar-refractivity contribution in [3.05, 3.63) is 59.2 Å². The van der Waals surface area contributed by atoms with Crippen LogP contribution in [-0.4, -0.2) is 25.0 Å². The molecule has 2 aromatic rings. The molecule has 29 heavy (non-hydrogen) atoms. The Labute approximate surface area is 173 Å². The van der Waals surface area contributed by atoms with Crippen LogP contribution in [0, 0.1) is 13.8 Å². The standard InChI is InChI=1S/C24H32N2O3/c1-17-8-6-9-18(2)23(17)26-22(28)16-25-21(27)10-7-15-29-20-13-11-19(12-14-20)24(3,4)5/h6,8-9,11-14H,7,10,15-16H2,1-5H3,(H,25,27)(H,26,28). The van der Waals surface area contributed by atoms with Gasteiger partial charge in [0.1, 0.15) is 5.75 Å². The topological polar surface area (TPSA) is 67.4 Å². The van der Waals surface area contributed by atoms with Crippen LogP contribution in [0.25, 0.3) is 0 Å². The van der Waals surface area contributed by atoms with E-state index in [0.717, 1.165) is 22.6 Å². The van der Waals surface area contributed by atoms with Gasteiger partial charge >= 0.3 is 0 Å². The predicted molar refractivity (Wildman–Crippen MR) is 117 cm³/mol. The molecule has 2 N–H and O–H groups in total. The zero-order valence-electron chi connectivity index (χ0n) is 18.1. The maximum absolute atomic E-state index is 12.1. The van der Waals surface area contributed by atoms with Crippen molar-refractivity contribution in [1.82, 2.24) is 5.32 Å². The molecule has 0 radical (unpaired) electrons. The van der Waals surface area contributed by atoms with Gasteiger partial charge in [0.25, 0.3) is 0 Å². The number of carbonyl (C=O) groups excluding carboxylic acids is 2. The van der Waals surface area contributed by atoms with Crippen molar-refractivity contribution >= 4 is 17.5 Å². The minimum absolute atomic E-state index is 0.0400. The summed E-state index contributed by atoms with van der Waals surface area (Å²) < 4.78 is 5.70. The van der Waals surface area contributed by atoms with Crippen LogP contribution in [0.4, 0.5) is 5.69 Å². The van der Waals surface area contributed by atoms with E-state index in [0.29, 0.717) is 19.4 Å². The van der Waals surface area contributed by atoms with Gasteiger partial charge in [-0.3, -0.25) is 9.59 Å². The number of hydrogen-bond acceptors (Lipinski definition) is 3. The van der Waals surface area contributed by atoms with E-state index in [2.05, 4.69) is 43.5 Å². The van der Waals surface area contributed by atoms with Crippen molar-refractivity contribution in [3.8, 4) is 5.75 Å². The summed E-state index contributed by atoms with van der Waals surface area (Å²) in [6.45, 7) is 10.8. The van der Waals surface area contributed by atoms with Crippen LogP contribution in [0.1, 0.15) is 50.3 Å². The minimum atomic E-state index is -0.231. The van der Waals surface area contributed by atoms with Gasteiger partial charge in [-0.1, -0.05) is 51.1 Å². The summed E-state index contributed by atoms with van der Waals surface area (Å²) >= 11 is 0. The quantitative estimate of drug-likeness (QED) is 0.645. The monoisotopic (exact) mass is 396 g/mol. The number of benzene rings is 2. The molecular formula is C24H32N2O3. The molecular weight excluding hydrogens is 364 g/mol. The first-order chi connectivity index (χ1) is 13.7. The Balaban J connectivity index is 1.66. The summed E-state index contributed by atoms with van der Waals surface area (Å²) in [5, 5.41) is 5.52. The molecule has 0 aliphatic rings. The number of nitrogens with one attached hydrogen (secondary N) is 2. The molecule has 2 aromatic carbocycles. The van der Waals surface area contributed by atoms with Crippen molar-refractivity contribution < 1.29 is 14.3 Å². The lowest BCUT2D eigenvalue weighted by Crippen LogP contribution is -2.33. The van der Waals surface area contributed by atoms with Crippen LogP contribution in [0.3, 0.4) is 0 Å². The van der Waals surface area contributed by atoms with Crippen LogP contribution in [0.15, 0.2) is 42.5 Å². The summed E-state index contributed by atoms with van der Waals surface area (Å²) in [7, 11) is 0. The normalized spacial score (nSPS) is 11.1. The van der Waals surface area contributed by atoms with E-state index in [9.17, 15) is 9.59 Å². The molecule has 0 spiro atoms. The predicted octanol–water partition coefficient (Wildman–Crippen LogP) is 4.51. The molecule has 0 atom stereocenters. The Morgan fingerprint density at radius 1 is 0.931 bits per heavy atom. The van der Waals surface area contributed by atoms with Crippen LogP contribution in [0.2, 0.25) is 0 Å². The number of hydrogen-bond donors (Lipinski definition) is 2. The van der Waals surface area contributed by atoms with Crippen LogP contribution in [-0.2, 0) is 15.0 Å². The first-order valence-electron chi connectivity index (χ1n) is 10.0. The van der Waals surface area contributed by atoms with Gasteiger partial charge < -0.3 is 15.4 Å². The maximum atomic E-state index is 12.1. The Morgan fingerprint density at radius 3 is 2.14 bits per heavy atom. The lowest BCUT2D eigenvalue weighted by molar-refractivity contribution is -0.124. The number of amides is 2. The van der Waals surface area contributed by atoms with E-state index < -0.39 is 0 Å². The SMILES string of the molecule is Cc1cccc(C)c1NC(=O)CNC(=O)CCCOc1ccc(C(C)(C)C)cc1. The van der Waals surface area contributed by atoms with Crippen molar-refractivity contribution in [2.24, 2.45) is 0 Å². The molecule has 5 heteroatoms. The molecule has 0 aromatic heterocycles. The second-order valence-electron chi connectivity index (χ2n) is 8.32. The zero-order chi connectivity index (χ0) is 21.4. The molecule has 0 unspecified atom stereocenters. The highest BCUT2D eigenvalue weighted by Gasteiger charge is 2.13. The Hall–Kier alpha value is -2.82. The number of anilines is 1. The first-order valence-corrected chi connectivity index (χ1v) is 10.0. The number of carbonyl (C=O) groups is 2. The summed E-state index contributed by atoms with van der Waals surface area (Å²) in [4.78, 5) is 24.0. The second kappa shape index (κ2) is 10.1. The van der Waals surface area contributed by atoms with Gasteiger partial charge in [0.05, 0.1) is 13.2 Å². The molecule has 0 saturated heterocycles. The summed E-state index contributed by atoms with van der Waals surface area (Å²) in [6, 6.07) is 13.9. The van der Waals surface area contributed by atoms with E-state index in [1.165, 1.54) is 5.56 Å². The third-order valence-electron chi connectivity index (χ3n) is 4.73. The van der Waals surface area contributed by atoms with E-state index >= 15 is 0 Å². The fourth-order valence-corrected chi connectivity index (χ4v) is 2.94. The second-order valence-corrected chi connectivity index (χ2v) is 8.32. The highest BCUT2D eigenvalue weighted by Crippen LogP contribution is 2.24. The Kier molecular flexibility index (Phi) is 7.82. The number of ether oxygens (including phenoxy) is 1. The Bertz CT molecular complexity index is 816. The average molecular weight is 397 g/mol. The highest BCUT2D eigenvalue weighted by molar-refractivity contribution is 5.95. The van der Waals surface area contributed by atoms with Crippen molar-refractivity contribution in [1.29, 1.82) is 0 Å². The van der Waals surface area contributed by atoms with Gasteiger partial charge in [-0.05, 0) is 54.5 Å². The molecule has 0 aliphatic heterocycles. The molecule has 156 valence electrons. The molecule has 0 heterocycles. The number of para-hydroxylation sites is 1. The van der Waals surface area contributed by atoms with E-state index in [1.54, 1.807) is 0 Å². The minimum Gasteiger partial charge on any atom is -0.494 e. The molecule has 2 amide bonds. The third kappa shape index (κ3) is 7.26. The lowest BCUT2D eigenvalue weighted by atomic mass is 9.87. The summed E-state index contributed by atoms with van der Waals surface area (Å²) in [6.07, 6.45) is 0.905. The first kappa shape index (κ1) is 22.5. The van der Waals surface area contributed by atoms with Gasteiger partial charge in [0.2, 0.25) is 11.8 Å². The average Bonchev–Trinajstić information content (AvgIpc) is 2.66. The fraction of sp³-hybridized carbons (Fsp3) is 0.417. The van der Waals surface area contributed by atoms with Gasteiger partial charge in [-0.15, -0.1) is 0 Å². The van der Waals surface area contributed by atoms with Gasteiger partial charge in [-0.25, -0.2) is 0 Å². The molecule has 0 bridgehead atoms. The molecule has 0 aliphatic carbocycles. The largest absolute Gasteiger partial charge is 0.494 e. The molecule has 0 saturated carbocycles. The summed E-state index contributed by atoms with van der Waals surface area (Å²) in [5.74, 6) is 0.408. The van der Waals surface area contributed by atoms with Crippen LogP contribution >= 0.6 is 0 Å². The van der Waals surface area contributed by atoms with E-state index in [-0.39, 0.29) is 23.8 Å². The molecule has 5 nitrogen and oxygen atoms in total. The van der Waals surface area contributed by atoms with Crippen molar-refractivity contribution in [3.63, 3.8) is 0 Å². The fourth-order valence-electron chi connectivity index (χ4n) is 2.94. The summed E-state index contributed by atoms with van der Waals surface area (Å²) in [5.41, 5.74) is 4.16. The smallest absolute Gasteiger partial charge is 0.243 e. The maximum Gasteiger partial charge on any atom is 0.243 e.